The highest BCUT2D eigenvalue weighted by Gasteiger charge is 2.25. The molecule has 0 radical (unpaired) electrons. The SMILES string of the molecule is Nc1ccc(F)c(F)c1NC(=O)C1CCCS1. The van der Waals surface area contributed by atoms with Gasteiger partial charge in [0.1, 0.15) is 5.69 Å². The van der Waals surface area contributed by atoms with Crippen molar-refractivity contribution < 1.29 is 13.6 Å². The first kappa shape index (κ1) is 12.2. The van der Waals surface area contributed by atoms with Crippen molar-refractivity contribution in [2.75, 3.05) is 16.8 Å². The van der Waals surface area contributed by atoms with E-state index in [1.54, 1.807) is 0 Å². The number of nitrogen functional groups attached to an aromatic ring is 1. The van der Waals surface area contributed by atoms with E-state index < -0.39 is 11.6 Å². The summed E-state index contributed by atoms with van der Waals surface area (Å²) in [5.74, 6) is -1.53. The largest absolute Gasteiger partial charge is 0.397 e. The molecule has 1 aromatic rings. The Morgan fingerprint density at radius 2 is 2.24 bits per heavy atom. The number of amides is 1. The molecule has 1 unspecified atom stereocenters. The number of halogens is 2. The highest BCUT2D eigenvalue weighted by molar-refractivity contribution is 8.00. The molecule has 1 atom stereocenters. The van der Waals surface area contributed by atoms with Gasteiger partial charge in [0.25, 0.3) is 0 Å². The second-order valence-corrected chi connectivity index (χ2v) is 5.13. The number of hydrogen-bond donors (Lipinski definition) is 2. The van der Waals surface area contributed by atoms with Crippen LogP contribution in [0.2, 0.25) is 0 Å². The van der Waals surface area contributed by atoms with Crippen LogP contribution >= 0.6 is 11.8 Å². The number of hydrogen-bond acceptors (Lipinski definition) is 3. The summed E-state index contributed by atoms with van der Waals surface area (Å²) in [5, 5.41) is 2.16. The van der Waals surface area contributed by atoms with Crippen LogP contribution in [0.3, 0.4) is 0 Å². The average Bonchev–Trinajstić information content (AvgIpc) is 2.83. The van der Waals surface area contributed by atoms with E-state index in [0.717, 1.165) is 24.7 Å². The lowest BCUT2D eigenvalue weighted by Gasteiger charge is -2.12. The van der Waals surface area contributed by atoms with E-state index in [1.165, 1.54) is 17.8 Å². The predicted octanol–water partition coefficient (Wildman–Crippen LogP) is 2.38. The van der Waals surface area contributed by atoms with Crippen molar-refractivity contribution in [1.29, 1.82) is 0 Å². The Morgan fingerprint density at radius 1 is 1.47 bits per heavy atom. The third-order valence-electron chi connectivity index (χ3n) is 2.60. The summed E-state index contributed by atoms with van der Waals surface area (Å²) in [7, 11) is 0. The fourth-order valence-electron chi connectivity index (χ4n) is 1.68. The zero-order valence-corrected chi connectivity index (χ0v) is 9.82. The molecule has 0 spiro atoms. The molecular formula is C11H12F2N2OS. The Kier molecular flexibility index (Phi) is 3.51. The lowest BCUT2D eigenvalue weighted by Crippen LogP contribution is -2.24. The minimum atomic E-state index is -1.11. The van der Waals surface area contributed by atoms with Crippen molar-refractivity contribution in [3.05, 3.63) is 23.8 Å². The van der Waals surface area contributed by atoms with Crippen LogP contribution in [0.1, 0.15) is 12.8 Å². The Bertz CT molecular complexity index is 447. The van der Waals surface area contributed by atoms with E-state index in [1.807, 2.05) is 0 Å². The monoisotopic (exact) mass is 258 g/mol. The van der Waals surface area contributed by atoms with Crippen LogP contribution in [0.25, 0.3) is 0 Å². The number of carbonyl (C=O) groups excluding carboxylic acids is 1. The molecule has 1 amide bonds. The number of thioether (sulfide) groups is 1. The van der Waals surface area contributed by atoms with Gasteiger partial charge in [-0.05, 0) is 30.7 Å². The maximum atomic E-state index is 13.4. The van der Waals surface area contributed by atoms with E-state index in [9.17, 15) is 13.6 Å². The molecule has 3 nitrogen and oxygen atoms in total. The number of nitrogens with one attached hydrogen (secondary N) is 1. The van der Waals surface area contributed by atoms with Gasteiger partial charge in [-0.25, -0.2) is 8.78 Å². The summed E-state index contributed by atoms with van der Waals surface area (Å²) in [4.78, 5) is 11.8. The molecule has 0 bridgehead atoms. The first-order valence-electron chi connectivity index (χ1n) is 5.25. The Labute approximate surface area is 102 Å². The zero-order chi connectivity index (χ0) is 12.4. The second kappa shape index (κ2) is 4.91. The van der Waals surface area contributed by atoms with Crippen molar-refractivity contribution in [3.63, 3.8) is 0 Å². The topological polar surface area (TPSA) is 55.1 Å². The van der Waals surface area contributed by atoms with Crippen molar-refractivity contribution in [2.24, 2.45) is 0 Å². The standard InChI is InChI=1S/C11H12F2N2OS/c12-6-3-4-7(14)10(9(6)13)15-11(16)8-2-1-5-17-8/h3-4,8H,1-2,5,14H2,(H,15,16). The van der Waals surface area contributed by atoms with Gasteiger partial charge in [0.15, 0.2) is 11.6 Å². The first-order valence-corrected chi connectivity index (χ1v) is 6.30. The average molecular weight is 258 g/mol. The fourth-order valence-corrected chi connectivity index (χ4v) is 2.84. The summed E-state index contributed by atoms with van der Waals surface area (Å²) in [6.07, 6.45) is 1.72. The van der Waals surface area contributed by atoms with E-state index in [2.05, 4.69) is 5.32 Å². The molecule has 0 aliphatic carbocycles. The smallest absolute Gasteiger partial charge is 0.237 e. The summed E-state index contributed by atoms with van der Waals surface area (Å²) < 4.78 is 26.4. The van der Waals surface area contributed by atoms with Crippen LogP contribution < -0.4 is 11.1 Å². The molecule has 1 heterocycles. The number of carbonyl (C=O) groups is 1. The van der Waals surface area contributed by atoms with Crippen LogP contribution in [-0.2, 0) is 4.79 Å². The molecule has 6 heteroatoms. The minimum Gasteiger partial charge on any atom is -0.397 e. The highest BCUT2D eigenvalue weighted by Crippen LogP contribution is 2.29. The summed E-state index contributed by atoms with van der Waals surface area (Å²) in [6.45, 7) is 0. The molecule has 1 aliphatic heterocycles. The second-order valence-electron chi connectivity index (χ2n) is 3.82. The molecule has 92 valence electrons. The first-order chi connectivity index (χ1) is 8.09. The van der Waals surface area contributed by atoms with Crippen LogP contribution in [0.5, 0.6) is 0 Å². The van der Waals surface area contributed by atoms with Crippen molar-refractivity contribution in [3.8, 4) is 0 Å². The molecule has 1 aliphatic rings. The maximum Gasteiger partial charge on any atom is 0.237 e. The third-order valence-corrected chi connectivity index (χ3v) is 3.97. The molecule has 0 aromatic heterocycles. The Hall–Kier alpha value is -1.30. The Balaban J connectivity index is 2.17. The van der Waals surface area contributed by atoms with E-state index in [-0.39, 0.29) is 22.5 Å². The zero-order valence-electron chi connectivity index (χ0n) is 9.00. The van der Waals surface area contributed by atoms with Crippen molar-refractivity contribution in [2.45, 2.75) is 18.1 Å². The molecule has 1 aromatic carbocycles. The molecular weight excluding hydrogens is 246 g/mol. The number of anilines is 2. The predicted molar refractivity (Wildman–Crippen MR) is 64.9 cm³/mol. The van der Waals surface area contributed by atoms with E-state index in [4.69, 9.17) is 5.73 Å². The van der Waals surface area contributed by atoms with E-state index in [0.29, 0.717) is 0 Å². The summed E-state index contributed by atoms with van der Waals surface area (Å²) in [6, 6.07) is 2.17. The van der Waals surface area contributed by atoms with Gasteiger partial charge in [-0.1, -0.05) is 0 Å². The van der Waals surface area contributed by atoms with Crippen LogP contribution in [0.4, 0.5) is 20.2 Å². The molecule has 0 saturated carbocycles. The van der Waals surface area contributed by atoms with Gasteiger partial charge in [-0.15, -0.1) is 11.8 Å². The molecule has 1 saturated heterocycles. The molecule has 1 fully saturated rings. The Morgan fingerprint density at radius 3 is 2.88 bits per heavy atom. The van der Waals surface area contributed by atoms with Gasteiger partial charge in [0, 0.05) is 0 Å². The fraction of sp³-hybridized carbons (Fsp3) is 0.364. The van der Waals surface area contributed by atoms with Crippen LogP contribution in [0, 0.1) is 11.6 Å². The normalized spacial score (nSPS) is 19.3. The van der Waals surface area contributed by atoms with Gasteiger partial charge in [-0.3, -0.25) is 4.79 Å². The minimum absolute atomic E-state index is 0.0280. The van der Waals surface area contributed by atoms with E-state index >= 15 is 0 Å². The van der Waals surface area contributed by atoms with Crippen molar-refractivity contribution in [1.82, 2.24) is 0 Å². The number of rotatable bonds is 2. The summed E-state index contributed by atoms with van der Waals surface area (Å²) >= 11 is 1.52. The van der Waals surface area contributed by atoms with Crippen LogP contribution in [0.15, 0.2) is 12.1 Å². The van der Waals surface area contributed by atoms with Gasteiger partial charge >= 0.3 is 0 Å². The molecule has 17 heavy (non-hydrogen) atoms. The quantitative estimate of drug-likeness (QED) is 0.801. The van der Waals surface area contributed by atoms with Crippen LogP contribution in [-0.4, -0.2) is 16.9 Å². The highest BCUT2D eigenvalue weighted by atomic mass is 32.2. The van der Waals surface area contributed by atoms with Gasteiger partial charge < -0.3 is 11.1 Å². The molecule has 3 N–H and O–H groups in total. The number of nitrogens with two attached hydrogens (primary N) is 1. The van der Waals surface area contributed by atoms with Gasteiger partial charge in [0.05, 0.1) is 10.9 Å². The summed E-state index contributed by atoms with van der Waals surface area (Å²) in [5.41, 5.74) is 5.28. The maximum absolute atomic E-state index is 13.4. The third kappa shape index (κ3) is 2.52. The van der Waals surface area contributed by atoms with Gasteiger partial charge in [-0.2, -0.15) is 0 Å². The molecule has 2 rings (SSSR count). The lowest BCUT2D eigenvalue weighted by molar-refractivity contribution is -0.115. The lowest BCUT2D eigenvalue weighted by atomic mass is 10.2. The number of benzene rings is 1. The van der Waals surface area contributed by atoms with Gasteiger partial charge in [0.2, 0.25) is 5.91 Å². The van der Waals surface area contributed by atoms with Crippen molar-refractivity contribution >= 4 is 29.0 Å².